The lowest BCUT2D eigenvalue weighted by atomic mass is 9.90. The molecule has 0 spiro atoms. The zero-order chi connectivity index (χ0) is 25.1. The average Bonchev–Trinajstić information content (AvgIpc) is 2.72. The lowest BCUT2D eigenvalue weighted by Crippen LogP contribution is -2.25. The minimum atomic E-state index is -4.29. The lowest BCUT2D eigenvalue weighted by Gasteiger charge is -2.21. The highest BCUT2D eigenvalue weighted by atomic mass is 32.2. The number of carbonyl (C=O) groups is 1. The zero-order valence-corrected chi connectivity index (χ0v) is 20.6. The van der Waals surface area contributed by atoms with Gasteiger partial charge in [0.1, 0.15) is 16.4 Å². The summed E-state index contributed by atoms with van der Waals surface area (Å²) in [5.74, 6) is -2.66. The van der Waals surface area contributed by atoms with Crippen LogP contribution in [0.5, 0.6) is 5.75 Å². The van der Waals surface area contributed by atoms with E-state index in [0.29, 0.717) is 22.4 Å². The quantitative estimate of drug-likeness (QED) is 0.511. The molecule has 178 valence electrons. The molecule has 1 amide bonds. The monoisotopic (exact) mass is 493 g/mol. The predicted molar refractivity (Wildman–Crippen MR) is 124 cm³/mol. The van der Waals surface area contributed by atoms with E-state index in [0.717, 1.165) is 18.2 Å². The van der Waals surface area contributed by atoms with Gasteiger partial charge in [0.05, 0.1) is 16.5 Å². The molecule has 0 saturated carbocycles. The van der Waals surface area contributed by atoms with Crippen LogP contribution in [0, 0.1) is 11.3 Å². The van der Waals surface area contributed by atoms with Crippen LogP contribution >= 0.6 is 0 Å². The molecule has 3 N–H and O–H groups in total. The molecule has 0 heterocycles. The number of anilines is 1. The smallest absolute Gasteiger partial charge is 0.240 e. The SMILES string of the molecule is CNS(=O)(=O)c1ccc(S(=O)(=O)CC(=O)Nc2c(C(C)C)cc(C#N)cc2C(C)C)c(O)c1. The number of nitrogens with zero attached hydrogens (tertiary/aromatic N) is 1. The summed E-state index contributed by atoms with van der Waals surface area (Å²) in [5.41, 5.74) is 2.30. The molecule has 0 bridgehead atoms. The fourth-order valence-corrected chi connectivity index (χ4v) is 5.25. The molecule has 0 unspecified atom stereocenters. The maximum atomic E-state index is 12.8. The van der Waals surface area contributed by atoms with Crippen LogP contribution < -0.4 is 10.0 Å². The van der Waals surface area contributed by atoms with Crippen LogP contribution in [0.2, 0.25) is 0 Å². The first-order chi connectivity index (χ1) is 15.2. The van der Waals surface area contributed by atoms with E-state index in [-0.39, 0.29) is 16.7 Å². The maximum absolute atomic E-state index is 12.8. The number of nitrogens with one attached hydrogen (secondary N) is 2. The Hall–Kier alpha value is -2.94. The van der Waals surface area contributed by atoms with Gasteiger partial charge in [-0.05, 0) is 54.3 Å². The van der Waals surface area contributed by atoms with Gasteiger partial charge in [0, 0.05) is 11.8 Å². The summed E-state index contributed by atoms with van der Waals surface area (Å²) < 4.78 is 51.4. The Labute approximate surface area is 194 Å². The van der Waals surface area contributed by atoms with Gasteiger partial charge in [0.15, 0.2) is 9.84 Å². The number of sulfonamides is 1. The highest BCUT2D eigenvalue weighted by Gasteiger charge is 2.26. The molecule has 0 aliphatic heterocycles. The molecular weight excluding hydrogens is 466 g/mol. The van der Waals surface area contributed by atoms with Crippen molar-refractivity contribution in [2.75, 3.05) is 18.1 Å². The van der Waals surface area contributed by atoms with Crippen LogP contribution in [0.4, 0.5) is 5.69 Å². The highest BCUT2D eigenvalue weighted by Crippen LogP contribution is 2.34. The van der Waals surface area contributed by atoms with Gasteiger partial charge in [-0.15, -0.1) is 0 Å². The second kappa shape index (κ2) is 9.91. The number of aromatic hydroxyl groups is 1. The summed E-state index contributed by atoms with van der Waals surface area (Å²) in [6, 6.07) is 8.21. The zero-order valence-electron chi connectivity index (χ0n) is 19.0. The Morgan fingerprint density at radius 3 is 2.00 bits per heavy atom. The molecule has 2 aromatic rings. The topological polar surface area (TPSA) is 153 Å². The van der Waals surface area contributed by atoms with E-state index in [4.69, 9.17) is 0 Å². The minimum absolute atomic E-state index is 0.0478. The first kappa shape index (κ1) is 26.3. The Balaban J connectivity index is 2.41. The molecule has 9 nitrogen and oxygen atoms in total. The van der Waals surface area contributed by atoms with Crippen molar-refractivity contribution < 1.29 is 26.7 Å². The van der Waals surface area contributed by atoms with Crippen molar-refractivity contribution in [1.82, 2.24) is 4.72 Å². The predicted octanol–water partition coefficient (Wildman–Crippen LogP) is 2.83. The molecule has 0 aliphatic carbocycles. The van der Waals surface area contributed by atoms with Gasteiger partial charge in [-0.3, -0.25) is 4.79 Å². The van der Waals surface area contributed by atoms with Gasteiger partial charge in [-0.1, -0.05) is 27.7 Å². The minimum Gasteiger partial charge on any atom is -0.507 e. The number of rotatable bonds is 8. The molecule has 0 fully saturated rings. The Morgan fingerprint density at radius 1 is 1.03 bits per heavy atom. The van der Waals surface area contributed by atoms with E-state index in [1.54, 1.807) is 12.1 Å². The standard InChI is InChI=1S/C22H27N3O6S2/c1-13(2)17-8-15(11-23)9-18(14(3)4)22(17)25-21(27)12-32(28,29)20-7-6-16(10-19(20)26)33(30,31)24-5/h6-10,13-14,24,26H,12H2,1-5H3,(H,25,27). The van der Waals surface area contributed by atoms with Gasteiger partial charge in [-0.25, -0.2) is 21.6 Å². The third-order valence-electron chi connectivity index (χ3n) is 5.00. The van der Waals surface area contributed by atoms with Crippen molar-refractivity contribution in [2.45, 2.75) is 49.3 Å². The number of carbonyl (C=O) groups excluding carboxylic acids is 1. The normalized spacial score (nSPS) is 12.1. The number of benzene rings is 2. The van der Waals surface area contributed by atoms with Crippen LogP contribution in [-0.2, 0) is 24.7 Å². The number of hydrogen-bond donors (Lipinski definition) is 3. The Morgan fingerprint density at radius 2 is 1.58 bits per heavy atom. The van der Waals surface area contributed by atoms with Gasteiger partial charge < -0.3 is 10.4 Å². The van der Waals surface area contributed by atoms with Crippen molar-refractivity contribution in [2.24, 2.45) is 0 Å². The molecule has 11 heteroatoms. The van der Waals surface area contributed by atoms with Crippen LogP contribution in [0.1, 0.15) is 56.2 Å². The second-order valence-electron chi connectivity index (χ2n) is 8.10. The van der Waals surface area contributed by atoms with Crippen molar-refractivity contribution in [3.63, 3.8) is 0 Å². The molecule has 0 saturated heterocycles. The third-order valence-corrected chi connectivity index (χ3v) is 8.07. The van der Waals surface area contributed by atoms with E-state index >= 15 is 0 Å². The number of amides is 1. The van der Waals surface area contributed by atoms with Gasteiger partial charge >= 0.3 is 0 Å². The lowest BCUT2D eigenvalue weighted by molar-refractivity contribution is -0.113. The molecule has 0 aromatic heterocycles. The summed E-state index contributed by atoms with van der Waals surface area (Å²) >= 11 is 0. The molecule has 2 rings (SSSR count). The number of phenols is 1. The van der Waals surface area contributed by atoms with Gasteiger partial charge in [0.2, 0.25) is 15.9 Å². The van der Waals surface area contributed by atoms with E-state index in [2.05, 4.69) is 16.1 Å². The molecule has 33 heavy (non-hydrogen) atoms. The summed E-state index contributed by atoms with van der Waals surface area (Å²) in [6.45, 7) is 7.58. The van der Waals surface area contributed by atoms with E-state index in [1.165, 1.54) is 7.05 Å². The summed E-state index contributed by atoms with van der Waals surface area (Å²) in [4.78, 5) is 11.9. The molecule has 2 aromatic carbocycles. The first-order valence-electron chi connectivity index (χ1n) is 10.1. The van der Waals surface area contributed by atoms with Crippen LogP contribution in [0.15, 0.2) is 40.1 Å². The van der Waals surface area contributed by atoms with E-state index in [9.17, 15) is 32.0 Å². The van der Waals surface area contributed by atoms with Crippen LogP contribution in [0.3, 0.4) is 0 Å². The number of nitriles is 1. The second-order valence-corrected chi connectivity index (χ2v) is 11.9. The fraction of sp³-hybridized carbons (Fsp3) is 0.364. The van der Waals surface area contributed by atoms with Gasteiger partial charge in [0.25, 0.3) is 0 Å². The average molecular weight is 494 g/mol. The summed E-state index contributed by atoms with van der Waals surface area (Å²) in [6.07, 6.45) is 0. The molecule has 0 atom stereocenters. The van der Waals surface area contributed by atoms with Crippen molar-refractivity contribution in [3.8, 4) is 11.8 Å². The summed E-state index contributed by atoms with van der Waals surface area (Å²) in [7, 11) is -6.99. The fourth-order valence-electron chi connectivity index (χ4n) is 3.28. The van der Waals surface area contributed by atoms with Crippen molar-refractivity contribution in [1.29, 1.82) is 5.26 Å². The van der Waals surface area contributed by atoms with Crippen molar-refractivity contribution >= 4 is 31.5 Å². The number of phenolic OH excluding ortho intramolecular Hbond substituents is 1. The maximum Gasteiger partial charge on any atom is 0.240 e. The molecule has 0 aliphatic rings. The Kier molecular flexibility index (Phi) is 7.90. The highest BCUT2D eigenvalue weighted by molar-refractivity contribution is 7.92. The largest absolute Gasteiger partial charge is 0.507 e. The van der Waals surface area contributed by atoms with Gasteiger partial charge in [-0.2, -0.15) is 5.26 Å². The van der Waals surface area contributed by atoms with Crippen molar-refractivity contribution in [3.05, 3.63) is 47.0 Å². The summed E-state index contributed by atoms with van der Waals surface area (Å²) in [5, 5.41) is 22.1. The number of hydrogen-bond acceptors (Lipinski definition) is 7. The van der Waals surface area contributed by atoms with E-state index in [1.807, 2.05) is 27.7 Å². The molecular formula is C22H27N3O6S2. The van der Waals surface area contributed by atoms with E-state index < -0.39 is 42.2 Å². The first-order valence-corrected chi connectivity index (χ1v) is 13.2. The Bertz CT molecular complexity index is 1300. The number of sulfone groups is 1. The third kappa shape index (κ3) is 5.90. The molecule has 0 radical (unpaired) electrons. The van der Waals surface area contributed by atoms with Crippen LogP contribution in [-0.4, -0.2) is 40.6 Å². The van der Waals surface area contributed by atoms with Crippen LogP contribution in [0.25, 0.3) is 0 Å².